The molecule has 0 radical (unpaired) electrons. The summed E-state index contributed by atoms with van der Waals surface area (Å²) in [5.74, 6) is -6.19. The van der Waals surface area contributed by atoms with Crippen LogP contribution in [0.3, 0.4) is 0 Å². The Bertz CT molecular complexity index is 1410. The number of hydrogen-bond acceptors (Lipinski definition) is 9. The van der Waals surface area contributed by atoms with Crippen molar-refractivity contribution in [2.45, 2.75) is 25.3 Å². The summed E-state index contributed by atoms with van der Waals surface area (Å²) in [7, 11) is -1.63. The molecule has 220 valence electrons. The van der Waals surface area contributed by atoms with Crippen LogP contribution in [0.25, 0.3) is 0 Å². The van der Waals surface area contributed by atoms with Gasteiger partial charge in [-0.25, -0.2) is 9.59 Å². The Morgan fingerprint density at radius 1 is 1.12 bits per heavy atom. The maximum Gasteiger partial charge on any atom is 0.547 e. The number of nitrogens with zero attached hydrogens (tertiary/aromatic N) is 3. The fourth-order valence-corrected chi connectivity index (χ4v) is 4.66. The molecule has 16 heteroatoms. The van der Waals surface area contributed by atoms with Crippen molar-refractivity contribution >= 4 is 42.8 Å². The molecule has 0 spiro atoms. The number of aromatic carboxylic acids is 1. The van der Waals surface area contributed by atoms with Gasteiger partial charge in [-0.05, 0) is 42.7 Å². The second kappa shape index (κ2) is 12.6. The largest absolute Gasteiger partial charge is 0.547 e. The molecule has 0 aromatic heterocycles. The quantitative estimate of drug-likeness (QED) is 0.185. The van der Waals surface area contributed by atoms with Crippen LogP contribution in [0.15, 0.2) is 54.4 Å². The summed E-state index contributed by atoms with van der Waals surface area (Å²) < 4.78 is 5.43. The molecule has 1 aromatic carbocycles. The number of para-hydroxylation sites is 1. The maximum atomic E-state index is 13.6. The number of urea groups is 1. The first kappa shape index (κ1) is 29.9. The normalized spacial score (nSPS) is 18.9. The number of amides is 5. The number of benzene rings is 1. The van der Waals surface area contributed by atoms with Gasteiger partial charge in [0, 0.05) is 32.0 Å². The number of carbonyl (C=O) groups excluding carboxylic acids is 4. The van der Waals surface area contributed by atoms with E-state index >= 15 is 0 Å². The molecular formula is C26H28BN5O10. The number of imide groups is 1. The van der Waals surface area contributed by atoms with Gasteiger partial charge in [-0.1, -0.05) is 18.2 Å². The number of carboxylic acids is 2. The van der Waals surface area contributed by atoms with Gasteiger partial charge in [-0.3, -0.25) is 24.1 Å². The van der Waals surface area contributed by atoms with Crippen LogP contribution < -0.4 is 15.3 Å². The lowest BCUT2D eigenvalue weighted by atomic mass is 9.72. The molecule has 4 rings (SSSR count). The smallest absolute Gasteiger partial charge is 0.534 e. The van der Waals surface area contributed by atoms with Crippen LogP contribution in [0.4, 0.5) is 4.79 Å². The van der Waals surface area contributed by atoms with Crippen molar-refractivity contribution in [1.29, 1.82) is 0 Å². The fraction of sp³-hybridized carbons (Fsp3) is 0.308. The molecule has 0 saturated carbocycles. The minimum atomic E-state index is -1.63. The zero-order chi connectivity index (χ0) is 30.6. The highest BCUT2D eigenvalue weighted by Crippen LogP contribution is 2.30. The van der Waals surface area contributed by atoms with E-state index in [0.29, 0.717) is 10.5 Å². The number of carbonyl (C=O) groups is 6. The van der Waals surface area contributed by atoms with E-state index in [9.17, 15) is 38.9 Å². The number of likely N-dealkylation sites (N-methyl/N-ethyl adjacent to an activating group) is 1. The first-order valence-electron chi connectivity index (χ1n) is 13.0. The van der Waals surface area contributed by atoms with E-state index in [1.54, 1.807) is 13.0 Å². The van der Waals surface area contributed by atoms with E-state index < -0.39 is 54.8 Å². The molecule has 3 aliphatic rings. The highest BCUT2D eigenvalue weighted by molar-refractivity contribution is 6.47. The second-order valence-electron chi connectivity index (χ2n) is 9.54. The molecule has 1 unspecified atom stereocenters. The third kappa shape index (κ3) is 6.44. The summed E-state index contributed by atoms with van der Waals surface area (Å²) in [6.45, 7) is 1.61. The zero-order valence-corrected chi connectivity index (χ0v) is 22.4. The van der Waals surface area contributed by atoms with Gasteiger partial charge >= 0.3 is 36.9 Å². The average Bonchev–Trinajstić information content (AvgIpc) is 3.17. The predicted molar refractivity (Wildman–Crippen MR) is 145 cm³/mol. The molecule has 42 heavy (non-hydrogen) atoms. The number of rotatable bonds is 8. The van der Waals surface area contributed by atoms with Gasteiger partial charge in [0.1, 0.15) is 18.3 Å². The van der Waals surface area contributed by atoms with E-state index in [1.165, 1.54) is 52.6 Å². The lowest BCUT2D eigenvalue weighted by Crippen LogP contribution is -2.62. The van der Waals surface area contributed by atoms with Crippen molar-refractivity contribution < 1.29 is 48.7 Å². The van der Waals surface area contributed by atoms with Crippen LogP contribution in [0.1, 0.15) is 22.8 Å². The summed E-state index contributed by atoms with van der Waals surface area (Å²) in [6.07, 6.45) is 7.13. The lowest BCUT2D eigenvalue weighted by molar-refractivity contribution is -0.153. The van der Waals surface area contributed by atoms with E-state index in [2.05, 4.69) is 10.6 Å². The summed E-state index contributed by atoms with van der Waals surface area (Å²) in [6, 6.07) is 1.93. The molecule has 15 nitrogen and oxygen atoms in total. The summed E-state index contributed by atoms with van der Waals surface area (Å²) in [5, 5.41) is 34.2. The van der Waals surface area contributed by atoms with Crippen LogP contribution in [0.5, 0.6) is 5.75 Å². The van der Waals surface area contributed by atoms with Crippen molar-refractivity contribution in [1.82, 2.24) is 25.3 Å². The number of fused-ring (bicyclic) bond motifs is 1. The van der Waals surface area contributed by atoms with Crippen molar-refractivity contribution in [2.24, 2.45) is 0 Å². The molecule has 3 heterocycles. The SMILES string of the molecule is CCN1CCN(C(=O)NC(C(=O)N[C@H]2Cc3cccc(C(=O)O)c3OB2O)C2=CC=CN(CC(=O)O)C=C2)C(=O)C1=O. The molecule has 2 atom stereocenters. The van der Waals surface area contributed by atoms with Crippen molar-refractivity contribution in [3.63, 3.8) is 0 Å². The number of nitrogens with one attached hydrogen (secondary N) is 2. The van der Waals surface area contributed by atoms with Gasteiger partial charge in [0.25, 0.3) is 0 Å². The fourth-order valence-electron chi connectivity index (χ4n) is 4.66. The first-order chi connectivity index (χ1) is 20.0. The van der Waals surface area contributed by atoms with Crippen LogP contribution in [-0.2, 0) is 25.6 Å². The number of piperazine rings is 1. The van der Waals surface area contributed by atoms with E-state index in [4.69, 9.17) is 9.76 Å². The van der Waals surface area contributed by atoms with E-state index in [1.807, 2.05) is 0 Å². The van der Waals surface area contributed by atoms with Gasteiger partial charge in [-0.15, -0.1) is 0 Å². The molecule has 0 aliphatic carbocycles. The van der Waals surface area contributed by atoms with Crippen LogP contribution in [-0.4, -0.2) is 111 Å². The zero-order valence-electron chi connectivity index (χ0n) is 22.4. The second-order valence-corrected chi connectivity index (χ2v) is 9.54. The monoisotopic (exact) mass is 581 g/mol. The minimum absolute atomic E-state index is 0.00281. The summed E-state index contributed by atoms with van der Waals surface area (Å²) in [5.41, 5.74) is 0.454. The predicted octanol–water partition coefficient (Wildman–Crippen LogP) is -1.05. The number of aliphatic carboxylic acids is 1. The Morgan fingerprint density at radius 3 is 2.57 bits per heavy atom. The van der Waals surface area contributed by atoms with Crippen LogP contribution >= 0.6 is 0 Å². The molecule has 5 amide bonds. The minimum Gasteiger partial charge on any atom is -0.534 e. The first-order valence-corrected chi connectivity index (χ1v) is 13.0. The van der Waals surface area contributed by atoms with Crippen LogP contribution in [0, 0.1) is 0 Å². The van der Waals surface area contributed by atoms with Crippen LogP contribution in [0.2, 0.25) is 0 Å². The molecule has 1 saturated heterocycles. The van der Waals surface area contributed by atoms with Gasteiger partial charge < -0.3 is 40.3 Å². The Balaban J connectivity index is 1.57. The van der Waals surface area contributed by atoms with Gasteiger partial charge in [0.05, 0.1) is 11.5 Å². The van der Waals surface area contributed by atoms with Crippen molar-refractivity contribution in [3.8, 4) is 5.75 Å². The molecule has 3 aliphatic heterocycles. The van der Waals surface area contributed by atoms with Gasteiger partial charge in [0.15, 0.2) is 0 Å². The summed E-state index contributed by atoms with van der Waals surface area (Å²) >= 11 is 0. The van der Waals surface area contributed by atoms with E-state index in [-0.39, 0.29) is 49.5 Å². The Labute approximate surface area is 239 Å². The molecule has 0 bridgehead atoms. The third-order valence-electron chi connectivity index (χ3n) is 6.82. The lowest BCUT2D eigenvalue weighted by Gasteiger charge is -2.33. The highest BCUT2D eigenvalue weighted by Gasteiger charge is 2.41. The average molecular weight is 581 g/mol. The van der Waals surface area contributed by atoms with Crippen molar-refractivity contribution in [3.05, 3.63) is 65.5 Å². The number of carboxylic acid groups (broad SMARTS) is 2. The van der Waals surface area contributed by atoms with Crippen molar-refractivity contribution in [2.75, 3.05) is 26.2 Å². The molecule has 1 aromatic rings. The third-order valence-corrected chi connectivity index (χ3v) is 6.82. The van der Waals surface area contributed by atoms with E-state index in [0.717, 1.165) is 0 Å². The standard InChI is InChI=1S/C26H28BN5O10/c1-2-31-11-12-32(24(37)23(31)36)26(40)29-20(15-6-4-9-30(10-8-15)14-19(33)34)22(35)28-18-13-16-5-3-7-17(25(38)39)21(16)42-27(18)41/h3-10,18,20,41H,2,11-14H2,1H3,(H,28,35)(H,29,40)(H,33,34)(H,38,39)/t18-,20?/m0/s1. The summed E-state index contributed by atoms with van der Waals surface area (Å²) in [4.78, 5) is 77.7. The molecule has 5 N–H and O–H groups in total. The Hall–Kier alpha value is -5.12. The Morgan fingerprint density at radius 2 is 1.88 bits per heavy atom. The topological polar surface area (TPSA) is 206 Å². The van der Waals surface area contributed by atoms with Gasteiger partial charge in [-0.2, -0.15) is 0 Å². The molecular weight excluding hydrogens is 553 g/mol. The van der Waals surface area contributed by atoms with Gasteiger partial charge in [0.2, 0.25) is 5.91 Å². The maximum absolute atomic E-state index is 13.6. The molecule has 1 fully saturated rings. The number of hydrogen-bond donors (Lipinski definition) is 5. The number of allylic oxidation sites excluding steroid dienone is 2. The highest BCUT2D eigenvalue weighted by atomic mass is 16.5. The Kier molecular flexibility index (Phi) is 8.95.